The predicted octanol–water partition coefficient (Wildman–Crippen LogP) is 3.69. The summed E-state index contributed by atoms with van der Waals surface area (Å²) in [6, 6.07) is 5.00. The minimum Gasteiger partial charge on any atom is -0.292 e. The van der Waals surface area contributed by atoms with Gasteiger partial charge in [-0.05, 0) is 37.5 Å². The molecule has 0 fully saturated rings. The summed E-state index contributed by atoms with van der Waals surface area (Å²) in [6.07, 6.45) is -1.76. The average Bonchev–Trinajstić information content (AvgIpc) is 2.34. The van der Waals surface area contributed by atoms with Crippen molar-refractivity contribution in [2.45, 2.75) is 39.5 Å². The first-order valence-corrected chi connectivity index (χ1v) is 6.17. The maximum Gasteiger partial charge on any atom is 0.373 e. The van der Waals surface area contributed by atoms with Gasteiger partial charge in [0.1, 0.15) is 18.1 Å². The molecule has 0 heterocycles. The standard InChI is InChI=1S/C14H18F2O3/c1-9(2)7-13(16)10(3)18-19-14(17)11-5-4-6-12(15)8-11/h4-6,8-10,13H,7H2,1-3H3/t10-,13+/m1/s1. The maximum absolute atomic E-state index is 13.6. The normalized spacial score (nSPS) is 14.2. The molecule has 0 radical (unpaired) electrons. The molecule has 0 amide bonds. The number of rotatable bonds is 6. The second-order valence-corrected chi connectivity index (χ2v) is 4.83. The molecule has 0 unspecified atom stereocenters. The molecule has 0 N–H and O–H groups in total. The first-order valence-electron chi connectivity index (χ1n) is 6.17. The fraction of sp³-hybridized carbons (Fsp3) is 0.500. The van der Waals surface area contributed by atoms with Crippen molar-refractivity contribution in [1.82, 2.24) is 0 Å². The molecule has 19 heavy (non-hydrogen) atoms. The van der Waals surface area contributed by atoms with Crippen molar-refractivity contribution in [2.75, 3.05) is 0 Å². The van der Waals surface area contributed by atoms with E-state index in [2.05, 4.69) is 4.89 Å². The molecule has 1 aromatic rings. The molecule has 2 atom stereocenters. The Hall–Kier alpha value is -1.49. The Morgan fingerprint density at radius 3 is 2.58 bits per heavy atom. The minimum atomic E-state index is -1.22. The number of hydrogen-bond acceptors (Lipinski definition) is 3. The van der Waals surface area contributed by atoms with E-state index in [0.717, 1.165) is 6.07 Å². The molecular formula is C14H18F2O3. The van der Waals surface area contributed by atoms with Gasteiger partial charge in [0.05, 0.1) is 5.56 Å². The van der Waals surface area contributed by atoms with Crippen molar-refractivity contribution in [3.8, 4) is 0 Å². The summed E-state index contributed by atoms with van der Waals surface area (Å²) in [4.78, 5) is 20.7. The molecule has 0 aromatic heterocycles. The van der Waals surface area contributed by atoms with E-state index < -0.39 is 24.1 Å². The molecule has 5 heteroatoms. The number of carbonyl (C=O) groups excluding carboxylic acids is 1. The van der Waals surface area contributed by atoms with Gasteiger partial charge in [0.25, 0.3) is 0 Å². The predicted molar refractivity (Wildman–Crippen MR) is 66.7 cm³/mol. The lowest BCUT2D eigenvalue weighted by atomic mass is 10.0. The zero-order chi connectivity index (χ0) is 14.4. The Morgan fingerprint density at radius 1 is 1.32 bits per heavy atom. The van der Waals surface area contributed by atoms with E-state index >= 15 is 0 Å². The molecule has 0 saturated heterocycles. The van der Waals surface area contributed by atoms with E-state index in [1.165, 1.54) is 25.1 Å². The first-order chi connectivity index (χ1) is 8.90. The van der Waals surface area contributed by atoms with Crippen LogP contribution in [-0.4, -0.2) is 18.2 Å². The average molecular weight is 272 g/mol. The van der Waals surface area contributed by atoms with Gasteiger partial charge in [-0.25, -0.2) is 13.6 Å². The monoisotopic (exact) mass is 272 g/mol. The highest BCUT2D eigenvalue weighted by Crippen LogP contribution is 2.15. The SMILES string of the molecule is CC(C)C[C@H](F)[C@@H](C)OOC(=O)c1cccc(F)c1. The number of benzene rings is 1. The summed E-state index contributed by atoms with van der Waals surface area (Å²) in [5.74, 6) is -1.21. The molecule has 0 aliphatic heterocycles. The van der Waals surface area contributed by atoms with E-state index in [1.807, 2.05) is 13.8 Å². The Balaban J connectivity index is 2.46. The lowest BCUT2D eigenvalue weighted by Crippen LogP contribution is -2.25. The Labute approximate surface area is 111 Å². The molecule has 0 aliphatic rings. The van der Waals surface area contributed by atoms with Crippen LogP contribution in [0.3, 0.4) is 0 Å². The van der Waals surface area contributed by atoms with Gasteiger partial charge >= 0.3 is 5.97 Å². The van der Waals surface area contributed by atoms with Crippen LogP contribution in [0.2, 0.25) is 0 Å². The van der Waals surface area contributed by atoms with Crippen molar-refractivity contribution < 1.29 is 23.4 Å². The number of alkyl halides is 1. The smallest absolute Gasteiger partial charge is 0.292 e. The van der Waals surface area contributed by atoms with Crippen molar-refractivity contribution in [2.24, 2.45) is 5.92 Å². The van der Waals surface area contributed by atoms with E-state index in [1.54, 1.807) is 0 Å². The number of hydrogen-bond donors (Lipinski definition) is 0. The molecule has 0 saturated carbocycles. The molecule has 0 spiro atoms. The van der Waals surface area contributed by atoms with Crippen molar-refractivity contribution >= 4 is 5.97 Å². The van der Waals surface area contributed by atoms with E-state index in [-0.39, 0.29) is 11.5 Å². The van der Waals surface area contributed by atoms with E-state index in [0.29, 0.717) is 6.42 Å². The Bertz CT molecular complexity index is 421. The van der Waals surface area contributed by atoms with Crippen LogP contribution in [0.25, 0.3) is 0 Å². The summed E-state index contributed by atoms with van der Waals surface area (Å²) in [6.45, 7) is 5.25. The minimum absolute atomic E-state index is 0.0199. The second-order valence-electron chi connectivity index (χ2n) is 4.83. The zero-order valence-corrected chi connectivity index (χ0v) is 11.2. The van der Waals surface area contributed by atoms with Gasteiger partial charge < -0.3 is 0 Å². The van der Waals surface area contributed by atoms with Crippen LogP contribution in [0, 0.1) is 11.7 Å². The van der Waals surface area contributed by atoms with Crippen molar-refractivity contribution in [3.63, 3.8) is 0 Å². The van der Waals surface area contributed by atoms with Crippen LogP contribution in [0.5, 0.6) is 0 Å². The maximum atomic E-state index is 13.6. The topological polar surface area (TPSA) is 35.5 Å². The Morgan fingerprint density at radius 2 is 2.00 bits per heavy atom. The van der Waals surface area contributed by atoms with Crippen LogP contribution < -0.4 is 0 Å². The Kier molecular flexibility index (Phi) is 5.89. The molecular weight excluding hydrogens is 254 g/mol. The summed E-state index contributed by atoms with van der Waals surface area (Å²) in [5, 5.41) is 0. The third-order valence-corrected chi connectivity index (χ3v) is 2.54. The molecule has 0 bridgehead atoms. The molecule has 1 aromatic carbocycles. The number of carbonyl (C=O) groups is 1. The summed E-state index contributed by atoms with van der Waals surface area (Å²) < 4.78 is 26.5. The molecule has 106 valence electrons. The van der Waals surface area contributed by atoms with Gasteiger partial charge in [-0.3, -0.25) is 4.89 Å². The fourth-order valence-electron chi connectivity index (χ4n) is 1.49. The van der Waals surface area contributed by atoms with Crippen molar-refractivity contribution in [3.05, 3.63) is 35.6 Å². The van der Waals surface area contributed by atoms with Crippen LogP contribution in [0.4, 0.5) is 8.78 Å². The third-order valence-electron chi connectivity index (χ3n) is 2.54. The third kappa shape index (κ3) is 5.34. The first kappa shape index (κ1) is 15.6. The quantitative estimate of drug-likeness (QED) is 0.585. The highest BCUT2D eigenvalue weighted by Gasteiger charge is 2.21. The lowest BCUT2D eigenvalue weighted by molar-refractivity contribution is -0.282. The van der Waals surface area contributed by atoms with Crippen LogP contribution in [0.15, 0.2) is 24.3 Å². The highest BCUT2D eigenvalue weighted by molar-refractivity contribution is 5.88. The zero-order valence-electron chi connectivity index (χ0n) is 11.2. The summed E-state index contributed by atoms with van der Waals surface area (Å²) in [7, 11) is 0. The lowest BCUT2D eigenvalue weighted by Gasteiger charge is -2.17. The van der Waals surface area contributed by atoms with Gasteiger partial charge in [-0.15, -0.1) is 0 Å². The van der Waals surface area contributed by atoms with Gasteiger partial charge in [0, 0.05) is 0 Å². The fourth-order valence-corrected chi connectivity index (χ4v) is 1.49. The molecule has 1 rings (SSSR count). The number of halogens is 2. The van der Waals surface area contributed by atoms with Crippen LogP contribution in [-0.2, 0) is 9.78 Å². The molecule has 0 aliphatic carbocycles. The van der Waals surface area contributed by atoms with Gasteiger partial charge in [0.15, 0.2) is 0 Å². The summed E-state index contributed by atoms with van der Waals surface area (Å²) in [5.41, 5.74) is 0.0199. The van der Waals surface area contributed by atoms with Gasteiger partial charge in [-0.2, -0.15) is 4.89 Å². The largest absolute Gasteiger partial charge is 0.373 e. The second kappa shape index (κ2) is 7.19. The van der Waals surface area contributed by atoms with Crippen LogP contribution in [0.1, 0.15) is 37.6 Å². The van der Waals surface area contributed by atoms with Crippen LogP contribution >= 0.6 is 0 Å². The van der Waals surface area contributed by atoms with Gasteiger partial charge in [0.2, 0.25) is 0 Å². The van der Waals surface area contributed by atoms with E-state index in [9.17, 15) is 13.6 Å². The van der Waals surface area contributed by atoms with E-state index in [4.69, 9.17) is 4.89 Å². The highest BCUT2D eigenvalue weighted by atomic mass is 19.1. The van der Waals surface area contributed by atoms with Crippen molar-refractivity contribution in [1.29, 1.82) is 0 Å². The molecule has 3 nitrogen and oxygen atoms in total. The summed E-state index contributed by atoms with van der Waals surface area (Å²) >= 11 is 0. The van der Waals surface area contributed by atoms with Gasteiger partial charge in [-0.1, -0.05) is 19.9 Å².